The number of rotatable bonds is 6. The van der Waals surface area contributed by atoms with Gasteiger partial charge in [-0.1, -0.05) is 12.1 Å². The Balaban J connectivity index is 1.98. The molecule has 0 fully saturated rings. The van der Waals surface area contributed by atoms with Crippen LogP contribution in [0.3, 0.4) is 0 Å². The number of hydrogen-bond acceptors (Lipinski definition) is 7. The van der Waals surface area contributed by atoms with Crippen LogP contribution in [-0.2, 0) is 0 Å². The van der Waals surface area contributed by atoms with E-state index in [0.717, 1.165) is 0 Å². The average molecular weight is 355 g/mol. The fourth-order valence-electron chi connectivity index (χ4n) is 1.92. The lowest BCUT2D eigenvalue weighted by Crippen LogP contribution is -2.20. The number of nitro groups is 1. The van der Waals surface area contributed by atoms with Gasteiger partial charge in [-0.25, -0.2) is 5.43 Å². The minimum absolute atomic E-state index is 0.00394. The maximum atomic E-state index is 11.9. The molecular formula is C17H17N5O4. The summed E-state index contributed by atoms with van der Waals surface area (Å²) in [6, 6.07) is 12.0. The molecule has 9 heteroatoms. The summed E-state index contributed by atoms with van der Waals surface area (Å²) in [5.74, 6) is -0.677. The van der Waals surface area contributed by atoms with Gasteiger partial charge in [-0.2, -0.15) is 10.2 Å². The average Bonchev–Trinajstić information content (AvgIpc) is 2.64. The minimum Gasteiger partial charge on any atom is -0.507 e. The normalized spacial score (nSPS) is 11.4. The summed E-state index contributed by atoms with van der Waals surface area (Å²) in [5, 5.41) is 29.8. The first-order chi connectivity index (χ1) is 12.4. The molecule has 0 spiro atoms. The standard InChI is InChI=1S/C17H17N5O4/c1-12(19-20-17(24)15-5-3-4-6-16(15)23)11-18-21(2)13-7-9-14(10-8-13)22(25)26/h3-11,23H,1-2H3,(H,20,24)/b18-11+,19-12+. The lowest BCUT2D eigenvalue weighted by molar-refractivity contribution is -0.384. The zero-order valence-electron chi connectivity index (χ0n) is 14.2. The number of nitrogens with one attached hydrogen (secondary N) is 1. The molecule has 2 N–H and O–H groups in total. The molecule has 0 saturated heterocycles. The third-order valence-corrected chi connectivity index (χ3v) is 3.33. The second-order valence-corrected chi connectivity index (χ2v) is 5.25. The summed E-state index contributed by atoms with van der Waals surface area (Å²) in [7, 11) is 1.67. The summed E-state index contributed by atoms with van der Waals surface area (Å²) in [6.07, 6.45) is 1.42. The van der Waals surface area contributed by atoms with Crippen LogP contribution in [0.15, 0.2) is 58.7 Å². The molecule has 1 amide bonds. The Labute approximate surface area is 149 Å². The smallest absolute Gasteiger partial charge is 0.275 e. The predicted molar refractivity (Wildman–Crippen MR) is 98.7 cm³/mol. The van der Waals surface area contributed by atoms with Crippen molar-refractivity contribution in [1.29, 1.82) is 0 Å². The fourth-order valence-corrected chi connectivity index (χ4v) is 1.92. The predicted octanol–water partition coefficient (Wildman–Crippen LogP) is 2.53. The maximum absolute atomic E-state index is 11.9. The monoisotopic (exact) mass is 355 g/mol. The highest BCUT2D eigenvalue weighted by Crippen LogP contribution is 2.18. The summed E-state index contributed by atoms with van der Waals surface area (Å²) in [5.41, 5.74) is 3.51. The number of benzene rings is 2. The number of nitrogens with zero attached hydrogens (tertiary/aromatic N) is 4. The van der Waals surface area contributed by atoms with Gasteiger partial charge >= 0.3 is 0 Å². The molecule has 0 aliphatic rings. The lowest BCUT2D eigenvalue weighted by Gasteiger charge is -2.12. The quantitative estimate of drug-likeness (QED) is 0.468. The molecule has 0 aromatic heterocycles. The summed E-state index contributed by atoms with van der Waals surface area (Å²) in [6.45, 7) is 1.64. The molecule has 0 unspecified atom stereocenters. The summed E-state index contributed by atoms with van der Waals surface area (Å²) in [4.78, 5) is 22.1. The SMILES string of the molecule is CC(/C=N/N(C)c1ccc([N+](=O)[O-])cc1)=N\NC(=O)c1ccccc1O. The summed E-state index contributed by atoms with van der Waals surface area (Å²) >= 11 is 0. The van der Waals surface area contributed by atoms with Crippen LogP contribution in [0.2, 0.25) is 0 Å². The fraction of sp³-hybridized carbons (Fsp3) is 0.118. The van der Waals surface area contributed by atoms with E-state index < -0.39 is 10.8 Å². The van der Waals surface area contributed by atoms with Crippen molar-refractivity contribution in [3.63, 3.8) is 0 Å². The first kappa shape index (κ1) is 18.6. The minimum atomic E-state index is -0.542. The third kappa shape index (κ3) is 4.87. The zero-order chi connectivity index (χ0) is 19.1. The molecule has 0 radical (unpaired) electrons. The molecule has 2 aromatic carbocycles. The third-order valence-electron chi connectivity index (χ3n) is 3.33. The molecule has 0 saturated carbocycles. The highest BCUT2D eigenvalue weighted by Gasteiger charge is 2.09. The number of hydrogen-bond donors (Lipinski definition) is 2. The molecular weight excluding hydrogens is 338 g/mol. The number of non-ortho nitro benzene ring substituents is 1. The van der Waals surface area contributed by atoms with E-state index >= 15 is 0 Å². The lowest BCUT2D eigenvalue weighted by atomic mass is 10.2. The van der Waals surface area contributed by atoms with Crippen LogP contribution in [0.5, 0.6) is 5.75 Å². The van der Waals surface area contributed by atoms with Crippen LogP contribution >= 0.6 is 0 Å². The summed E-state index contributed by atoms with van der Waals surface area (Å²) < 4.78 is 0. The number of carbonyl (C=O) groups is 1. The van der Waals surface area contributed by atoms with Crippen molar-refractivity contribution >= 4 is 29.2 Å². The van der Waals surface area contributed by atoms with Gasteiger partial charge in [0.1, 0.15) is 5.75 Å². The Hall–Kier alpha value is -3.75. The molecule has 9 nitrogen and oxygen atoms in total. The maximum Gasteiger partial charge on any atom is 0.275 e. The van der Waals surface area contributed by atoms with E-state index in [4.69, 9.17) is 0 Å². The molecule has 2 aromatic rings. The van der Waals surface area contributed by atoms with Crippen molar-refractivity contribution in [2.45, 2.75) is 6.92 Å². The Morgan fingerprint density at radius 3 is 2.50 bits per heavy atom. The van der Waals surface area contributed by atoms with Crippen molar-refractivity contribution in [3.8, 4) is 5.75 Å². The van der Waals surface area contributed by atoms with E-state index in [-0.39, 0.29) is 17.0 Å². The van der Waals surface area contributed by atoms with Gasteiger partial charge in [-0.05, 0) is 31.2 Å². The molecule has 134 valence electrons. The van der Waals surface area contributed by atoms with E-state index in [2.05, 4.69) is 15.6 Å². The molecule has 0 bridgehead atoms. The number of hydrazone groups is 2. The van der Waals surface area contributed by atoms with Crippen LogP contribution in [0.25, 0.3) is 0 Å². The number of carbonyl (C=O) groups excluding carboxylic acids is 1. The molecule has 2 rings (SSSR count). The van der Waals surface area contributed by atoms with Crippen LogP contribution < -0.4 is 10.4 Å². The number of phenolic OH excluding ortho intramolecular Hbond substituents is 1. The van der Waals surface area contributed by atoms with Crippen LogP contribution in [0, 0.1) is 10.1 Å². The van der Waals surface area contributed by atoms with E-state index in [0.29, 0.717) is 11.4 Å². The number of para-hydroxylation sites is 1. The highest BCUT2D eigenvalue weighted by molar-refractivity contribution is 6.29. The number of aromatic hydroxyl groups is 1. The molecule has 0 atom stereocenters. The van der Waals surface area contributed by atoms with Crippen molar-refractivity contribution in [1.82, 2.24) is 5.43 Å². The van der Waals surface area contributed by atoms with E-state index in [1.165, 1.54) is 35.5 Å². The first-order valence-corrected chi connectivity index (χ1v) is 7.53. The van der Waals surface area contributed by atoms with Crippen LogP contribution in [-0.4, -0.2) is 34.9 Å². The van der Waals surface area contributed by atoms with Crippen LogP contribution in [0.4, 0.5) is 11.4 Å². The van der Waals surface area contributed by atoms with Crippen LogP contribution in [0.1, 0.15) is 17.3 Å². The Kier molecular flexibility index (Phi) is 5.99. The number of nitro benzene ring substituents is 1. The van der Waals surface area contributed by atoms with Crippen molar-refractivity contribution in [3.05, 3.63) is 64.2 Å². The number of amides is 1. The van der Waals surface area contributed by atoms with Gasteiger partial charge in [0.15, 0.2) is 0 Å². The molecule has 0 aliphatic carbocycles. The zero-order valence-corrected chi connectivity index (χ0v) is 14.2. The van der Waals surface area contributed by atoms with Gasteiger partial charge in [0.25, 0.3) is 11.6 Å². The highest BCUT2D eigenvalue weighted by atomic mass is 16.6. The van der Waals surface area contributed by atoms with Gasteiger partial charge in [0.05, 0.1) is 28.1 Å². The van der Waals surface area contributed by atoms with Crippen molar-refractivity contribution in [2.75, 3.05) is 12.1 Å². The van der Waals surface area contributed by atoms with E-state index in [1.807, 2.05) is 0 Å². The van der Waals surface area contributed by atoms with Gasteiger partial charge in [0, 0.05) is 19.2 Å². The Morgan fingerprint density at radius 1 is 1.23 bits per heavy atom. The first-order valence-electron chi connectivity index (χ1n) is 7.53. The van der Waals surface area contributed by atoms with E-state index in [9.17, 15) is 20.0 Å². The second kappa shape index (κ2) is 8.38. The van der Waals surface area contributed by atoms with Gasteiger partial charge in [0.2, 0.25) is 0 Å². The Bertz CT molecular complexity index is 862. The largest absolute Gasteiger partial charge is 0.507 e. The van der Waals surface area contributed by atoms with Crippen molar-refractivity contribution in [2.24, 2.45) is 10.2 Å². The topological polar surface area (TPSA) is 120 Å². The van der Waals surface area contributed by atoms with Gasteiger partial charge in [-0.15, -0.1) is 0 Å². The molecule has 0 aliphatic heterocycles. The number of phenols is 1. The van der Waals surface area contributed by atoms with E-state index in [1.54, 1.807) is 38.2 Å². The van der Waals surface area contributed by atoms with Crippen molar-refractivity contribution < 1.29 is 14.8 Å². The molecule has 26 heavy (non-hydrogen) atoms. The van der Waals surface area contributed by atoms with Gasteiger partial charge in [-0.3, -0.25) is 19.9 Å². The number of anilines is 1. The second-order valence-electron chi connectivity index (χ2n) is 5.25. The molecule has 0 heterocycles. The van der Waals surface area contributed by atoms with Gasteiger partial charge < -0.3 is 5.11 Å². The Morgan fingerprint density at radius 2 is 1.88 bits per heavy atom.